The molecule has 1 amide bonds. The highest BCUT2D eigenvalue weighted by atomic mass is 16.6. The summed E-state index contributed by atoms with van der Waals surface area (Å²) in [5, 5.41) is 14.3. The molecule has 1 aliphatic rings. The second kappa shape index (κ2) is 6.26. The maximum atomic E-state index is 12.4. The quantitative estimate of drug-likeness (QED) is 0.636. The smallest absolute Gasteiger partial charge is 0.369 e. The molecule has 2 heterocycles. The molecule has 1 fully saturated rings. The second-order valence-corrected chi connectivity index (χ2v) is 5.84. The van der Waals surface area contributed by atoms with Crippen molar-refractivity contribution in [3.05, 3.63) is 44.9 Å². The summed E-state index contributed by atoms with van der Waals surface area (Å²) >= 11 is 0. The van der Waals surface area contributed by atoms with Gasteiger partial charge >= 0.3 is 11.2 Å². The highest BCUT2D eigenvalue weighted by molar-refractivity contribution is 5.78. The van der Waals surface area contributed by atoms with E-state index in [-0.39, 0.29) is 11.9 Å². The van der Waals surface area contributed by atoms with Gasteiger partial charge in [0.2, 0.25) is 11.7 Å². The average Bonchev–Trinajstić information content (AvgIpc) is 2.55. The van der Waals surface area contributed by atoms with Crippen LogP contribution < -0.4 is 16.6 Å². The number of anilines is 1. The summed E-state index contributed by atoms with van der Waals surface area (Å²) in [5.41, 5.74) is 4.33. The lowest BCUT2D eigenvalue weighted by Crippen LogP contribution is -2.41. The van der Waals surface area contributed by atoms with Crippen LogP contribution in [0.5, 0.6) is 0 Å². The zero-order chi connectivity index (χ0) is 17.3. The van der Waals surface area contributed by atoms with Gasteiger partial charge in [0, 0.05) is 12.2 Å². The third-order valence-corrected chi connectivity index (χ3v) is 4.35. The number of nitrogens with two attached hydrogens (primary N) is 1. The lowest BCUT2D eigenvalue weighted by molar-refractivity contribution is -0.385. The summed E-state index contributed by atoms with van der Waals surface area (Å²) in [6.07, 6.45) is 4.44. The van der Waals surface area contributed by atoms with Gasteiger partial charge in [0.25, 0.3) is 0 Å². The number of amides is 1. The molecule has 1 aliphatic carbocycles. The summed E-state index contributed by atoms with van der Waals surface area (Å²) in [7, 11) is 0. The number of rotatable bonds is 4. The van der Waals surface area contributed by atoms with Crippen LogP contribution in [0, 0.1) is 16.0 Å². The van der Waals surface area contributed by atoms with Crippen LogP contribution in [0.4, 0.5) is 11.5 Å². The van der Waals surface area contributed by atoms with Gasteiger partial charge in [0.05, 0.1) is 10.8 Å². The molecule has 0 spiro atoms. The van der Waals surface area contributed by atoms with Crippen LogP contribution in [0.25, 0.3) is 5.65 Å². The number of aromatic nitrogens is 2. The van der Waals surface area contributed by atoms with Crippen molar-refractivity contribution >= 4 is 23.1 Å². The van der Waals surface area contributed by atoms with E-state index in [0.717, 1.165) is 17.2 Å². The van der Waals surface area contributed by atoms with E-state index in [9.17, 15) is 19.7 Å². The first-order valence-corrected chi connectivity index (χ1v) is 7.70. The van der Waals surface area contributed by atoms with Gasteiger partial charge in [-0.15, -0.1) is 0 Å². The minimum atomic E-state index is -0.764. The topological polar surface area (TPSA) is 133 Å². The van der Waals surface area contributed by atoms with Gasteiger partial charge in [0.15, 0.2) is 0 Å². The van der Waals surface area contributed by atoms with Crippen molar-refractivity contribution in [2.75, 3.05) is 5.32 Å². The van der Waals surface area contributed by atoms with Crippen molar-refractivity contribution in [3.8, 4) is 0 Å². The number of pyridine rings is 1. The summed E-state index contributed by atoms with van der Waals surface area (Å²) in [6, 6.07) is 4.50. The lowest BCUT2D eigenvalue weighted by Gasteiger charge is -2.30. The fourth-order valence-corrected chi connectivity index (χ4v) is 3.16. The number of hydrogen-bond donors (Lipinski definition) is 2. The van der Waals surface area contributed by atoms with E-state index in [0.29, 0.717) is 18.5 Å². The number of nitrogens with one attached hydrogen (secondary N) is 1. The Bertz CT molecular complexity index is 863. The molecular weight excluding hydrogens is 314 g/mol. The molecule has 2 unspecified atom stereocenters. The molecule has 0 saturated heterocycles. The van der Waals surface area contributed by atoms with Gasteiger partial charge in [0.1, 0.15) is 5.65 Å². The monoisotopic (exact) mass is 331 g/mol. The number of carbonyl (C=O) groups excluding carboxylic acids is 1. The van der Waals surface area contributed by atoms with E-state index >= 15 is 0 Å². The molecule has 2 aromatic heterocycles. The molecule has 0 aromatic carbocycles. The zero-order valence-electron chi connectivity index (χ0n) is 12.8. The first kappa shape index (κ1) is 15.9. The normalized spacial score (nSPS) is 20.7. The summed E-state index contributed by atoms with van der Waals surface area (Å²) < 4.78 is 1.12. The van der Waals surface area contributed by atoms with Crippen molar-refractivity contribution in [3.63, 3.8) is 0 Å². The van der Waals surface area contributed by atoms with Gasteiger partial charge < -0.3 is 11.1 Å². The predicted molar refractivity (Wildman–Crippen MR) is 86.7 cm³/mol. The molecule has 2 aromatic rings. The Labute approximate surface area is 136 Å². The van der Waals surface area contributed by atoms with E-state index in [2.05, 4.69) is 10.3 Å². The molecule has 0 radical (unpaired) electrons. The highest BCUT2D eigenvalue weighted by Crippen LogP contribution is 2.29. The van der Waals surface area contributed by atoms with Crippen molar-refractivity contribution in [2.45, 2.75) is 31.7 Å². The molecule has 0 bridgehead atoms. The molecule has 2 atom stereocenters. The van der Waals surface area contributed by atoms with Crippen LogP contribution in [0.15, 0.2) is 29.2 Å². The maximum Gasteiger partial charge on any atom is 0.376 e. The van der Waals surface area contributed by atoms with Crippen molar-refractivity contribution in [1.29, 1.82) is 0 Å². The predicted octanol–water partition coefficient (Wildman–Crippen LogP) is 1.06. The van der Waals surface area contributed by atoms with Crippen LogP contribution in [0.1, 0.15) is 25.7 Å². The number of nitrogens with zero attached hydrogens (tertiary/aromatic N) is 3. The van der Waals surface area contributed by atoms with Gasteiger partial charge in [-0.25, -0.2) is 4.98 Å². The maximum absolute atomic E-state index is 12.4. The van der Waals surface area contributed by atoms with Gasteiger partial charge in [-0.05, 0) is 25.0 Å². The van der Waals surface area contributed by atoms with Gasteiger partial charge in [-0.3, -0.25) is 24.1 Å². The lowest BCUT2D eigenvalue weighted by atomic mass is 9.84. The minimum Gasteiger partial charge on any atom is -0.369 e. The molecule has 24 heavy (non-hydrogen) atoms. The van der Waals surface area contributed by atoms with Crippen molar-refractivity contribution < 1.29 is 9.72 Å². The molecule has 3 N–H and O–H groups in total. The van der Waals surface area contributed by atoms with E-state index in [4.69, 9.17) is 5.73 Å². The third kappa shape index (κ3) is 2.80. The Morgan fingerprint density at radius 2 is 2.12 bits per heavy atom. The Balaban J connectivity index is 2.08. The number of primary amides is 1. The van der Waals surface area contributed by atoms with Gasteiger partial charge in [-0.1, -0.05) is 18.9 Å². The zero-order valence-corrected chi connectivity index (χ0v) is 12.8. The summed E-state index contributed by atoms with van der Waals surface area (Å²) in [4.78, 5) is 38.8. The molecule has 1 saturated carbocycles. The molecule has 3 rings (SSSR count). The molecule has 9 nitrogen and oxygen atoms in total. The van der Waals surface area contributed by atoms with Gasteiger partial charge in [-0.2, -0.15) is 0 Å². The first-order chi connectivity index (χ1) is 11.5. The fourth-order valence-electron chi connectivity index (χ4n) is 3.16. The largest absolute Gasteiger partial charge is 0.376 e. The Morgan fingerprint density at radius 1 is 1.38 bits per heavy atom. The summed E-state index contributed by atoms with van der Waals surface area (Å²) in [5.74, 6) is -1.00. The van der Waals surface area contributed by atoms with E-state index in [1.54, 1.807) is 18.2 Å². The SMILES string of the molecule is NC(=O)C1CCCCC1Nc1nc2ccccn2c(=O)c1[N+](=O)[O-]. The van der Waals surface area contributed by atoms with Crippen molar-refractivity contribution in [1.82, 2.24) is 9.38 Å². The number of carbonyl (C=O) groups is 1. The molecular formula is C15H17N5O4. The average molecular weight is 331 g/mol. The summed E-state index contributed by atoms with van der Waals surface area (Å²) in [6.45, 7) is 0. The van der Waals surface area contributed by atoms with Crippen LogP contribution in [0.3, 0.4) is 0 Å². The van der Waals surface area contributed by atoms with E-state index < -0.39 is 28.0 Å². The van der Waals surface area contributed by atoms with Crippen LogP contribution in [0.2, 0.25) is 0 Å². The van der Waals surface area contributed by atoms with Crippen LogP contribution >= 0.6 is 0 Å². The highest BCUT2D eigenvalue weighted by Gasteiger charge is 2.32. The van der Waals surface area contributed by atoms with Crippen LogP contribution in [-0.4, -0.2) is 26.3 Å². The minimum absolute atomic E-state index is 0.116. The Hall–Kier alpha value is -2.97. The molecule has 9 heteroatoms. The third-order valence-electron chi connectivity index (χ3n) is 4.35. The second-order valence-electron chi connectivity index (χ2n) is 5.84. The fraction of sp³-hybridized carbons (Fsp3) is 0.400. The van der Waals surface area contributed by atoms with Crippen molar-refractivity contribution in [2.24, 2.45) is 11.7 Å². The Kier molecular flexibility index (Phi) is 4.15. The Morgan fingerprint density at radius 3 is 2.83 bits per heavy atom. The first-order valence-electron chi connectivity index (χ1n) is 7.70. The van der Waals surface area contributed by atoms with Crippen LogP contribution in [-0.2, 0) is 4.79 Å². The molecule has 126 valence electrons. The van der Waals surface area contributed by atoms with E-state index in [1.807, 2.05) is 0 Å². The number of nitro groups is 1. The number of hydrogen-bond acceptors (Lipinski definition) is 6. The number of fused-ring (bicyclic) bond motifs is 1. The standard InChI is InChI=1S/C15H17N5O4/c16-13(21)9-5-1-2-6-10(9)17-14-12(20(23)24)15(22)19-8-4-3-7-11(19)18-14/h3-4,7-10,17H,1-2,5-6H2,(H2,16,21). The van der Waals surface area contributed by atoms with E-state index in [1.165, 1.54) is 6.20 Å². The molecule has 0 aliphatic heterocycles.